The monoisotopic (exact) mass is 380 g/mol. The maximum atomic E-state index is 12.2. The highest BCUT2D eigenvalue weighted by Gasteiger charge is 2.40. The van der Waals surface area contributed by atoms with Crippen molar-refractivity contribution in [1.29, 1.82) is 0 Å². The van der Waals surface area contributed by atoms with Crippen LogP contribution in [0.5, 0.6) is 5.88 Å². The number of cyclic esters (lactones) is 1. The van der Waals surface area contributed by atoms with Crippen LogP contribution >= 0.6 is 0 Å². The van der Waals surface area contributed by atoms with E-state index in [-0.39, 0.29) is 35.4 Å². The van der Waals surface area contributed by atoms with E-state index in [9.17, 15) is 9.59 Å². The van der Waals surface area contributed by atoms with Gasteiger partial charge in [0.05, 0.1) is 19.3 Å². The van der Waals surface area contributed by atoms with Crippen molar-refractivity contribution in [3.8, 4) is 5.88 Å². The summed E-state index contributed by atoms with van der Waals surface area (Å²) in [7, 11) is -1.92. The minimum atomic E-state index is -1.92. The van der Waals surface area contributed by atoms with Gasteiger partial charge in [0.25, 0.3) is 11.8 Å². The van der Waals surface area contributed by atoms with Crippen LogP contribution in [0.4, 0.5) is 16.4 Å². The van der Waals surface area contributed by atoms with Crippen LogP contribution in [0.25, 0.3) is 0 Å². The fourth-order valence-electron chi connectivity index (χ4n) is 2.30. The van der Waals surface area contributed by atoms with Crippen LogP contribution in [0, 0.1) is 0 Å². The van der Waals surface area contributed by atoms with E-state index in [2.05, 4.69) is 49.1 Å². The molecule has 2 aliphatic rings. The number of fused-ring (bicyclic) bond motifs is 1. The number of hydrogen-bond acceptors (Lipinski definition) is 7. The normalized spacial score (nSPS) is 20.3. The molecule has 142 valence electrons. The molecule has 1 aromatic rings. The van der Waals surface area contributed by atoms with Gasteiger partial charge in [0.1, 0.15) is 6.10 Å². The molecule has 2 aliphatic heterocycles. The Morgan fingerprint density at radius 1 is 1.38 bits per heavy atom. The quantitative estimate of drug-likeness (QED) is 0.798. The van der Waals surface area contributed by atoms with Gasteiger partial charge in [0, 0.05) is 0 Å². The number of hydrogen-bond donors (Lipinski definition) is 1. The Morgan fingerprint density at radius 3 is 2.81 bits per heavy atom. The smallest absolute Gasteiger partial charge is 0.416 e. The first-order valence-electron chi connectivity index (χ1n) is 8.48. The van der Waals surface area contributed by atoms with Crippen LogP contribution in [-0.2, 0) is 14.0 Å². The molecule has 3 heterocycles. The van der Waals surface area contributed by atoms with Gasteiger partial charge < -0.3 is 19.2 Å². The average Bonchev–Trinajstić information content (AvgIpc) is 2.92. The highest BCUT2D eigenvalue weighted by atomic mass is 28.4. The molecule has 0 saturated carbocycles. The predicted molar refractivity (Wildman–Crippen MR) is 96.9 cm³/mol. The molecule has 10 heteroatoms. The highest BCUT2D eigenvalue weighted by Crippen LogP contribution is 2.37. The molecule has 3 rings (SSSR count). The van der Waals surface area contributed by atoms with Gasteiger partial charge in [-0.25, -0.2) is 14.8 Å². The first-order valence-corrected chi connectivity index (χ1v) is 11.4. The first-order chi connectivity index (χ1) is 12.1. The van der Waals surface area contributed by atoms with Crippen molar-refractivity contribution >= 4 is 32.0 Å². The summed E-state index contributed by atoms with van der Waals surface area (Å²) >= 11 is 0. The number of anilines is 2. The number of ether oxygens (including phenoxy) is 2. The Kier molecular flexibility index (Phi) is 4.65. The van der Waals surface area contributed by atoms with Crippen LogP contribution in [0.2, 0.25) is 18.1 Å². The number of aromatic nitrogens is 2. The predicted octanol–water partition coefficient (Wildman–Crippen LogP) is 2.15. The van der Waals surface area contributed by atoms with Gasteiger partial charge in [-0.1, -0.05) is 20.8 Å². The van der Waals surface area contributed by atoms with Gasteiger partial charge in [-0.3, -0.25) is 9.69 Å². The van der Waals surface area contributed by atoms with E-state index in [0.29, 0.717) is 19.0 Å². The number of nitrogens with zero attached hydrogens (tertiary/aromatic N) is 3. The maximum Gasteiger partial charge on any atom is 0.416 e. The van der Waals surface area contributed by atoms with Gasteiger partial charge in [-0.15, -0.1) is 0 Å². The standard InChI is InChI=1S/C16H24N4O5Si/c1-16(2,3)26(4,5)24-8-10-7-20(15(22)25-10)11-6-17-14-13(18-11)19-12(21)9-23-14/h6,10H,7-9H2,1-5H3,(H,18,19,21). The van der Waals surface area contributed by atoms with Crippen molar-refractivity contribution in [1.82, 2.24) is 9.97 Å². The van der Waals surface area contributed by atoms with Crippen LogP contribution in [0.3, 0.4) is 0 Å². The van der Waals surface area contributed by atoms with E-state index in [4.69, 9.17) is 13.9 Å². The van der Waals surface area contributed by atoms with Crippen LogP contribution in [0.15, 0.2) is 6.20 Å². The van der Waals surface area contributed by atoms with Crippen molar-refractivity contribution in [3.63, 3.8) is 0 Å². The summed E-state index contributed by atoms with van der Waals surface area (Å²) < 4.78 is 16.7. The van der Waals surface area contributed by atoms with Crippen LogP contribution in [0.1, 0.15) is 20.8 Å². The third-order valence-corrected chi connectivity index (χ3v) is 9.41. The Morgan fingerprint density at radius 2 is 2.12 bits per heavy atom. The Labute approximate surface area is 153 Å². The zero-order chi connectivity index (χ0) is 19.1. The molecule has 0 aliphatic carbocycles. The summed E-state index contributed by atoms with van der Waals surface area (Å²) in [5.74, 6) is 0.425. The second kappa shape index (κ2) is 6.51. The number of amides is 2. The van der Waals surface area contributed by atoms with E-state index in [0.717, 1.165) is 0 Å². The Hall–Kier alpha value is -2.20. The van der Waals surface area contributed by atoms with E-state index in [1.165, 1.54) is 11.1 Å². The second-order valence-electron chi connectivity index (χ2n) is 7.91. The summed E-state index contributed by atoms with van der Waals surface area (Å²) in [6.07, 6.45) is 0.542. The molecule has 1 N–H and O–H groups in total. The zero-order valence-electron chi connectivity index (χ0n) is 15.7. The number of carbonyl (C=O) groups excluding carboxylic acids is 2. The summed E-state index contributed by atoms with van der Waals surface area (Å²) in [6.45, 7) is 11.3. The van der Waals surface area contributed by atoms with Gasteiger partial charge in [-0.2, -0.15) is 0 Å². The molecule has 2 amide bonds. The lowest BCUT2D eigenvalue weighted by molar-refractivity contribution is -0.118. The van der Waals surface area contributed by atoms with Gasteiger partial charge in [-0.05, 0) is 18.1 Å². The van der Waals surface area contributed by atoms with E-state index in [1.54, 1.807) is 0 Å². The number of carbonyl (C=O) groups is 2. The molecular formula is C16H24N4O5Si. The summed E-state index contributed by atoms with van der Waals surface area (Å²) in [4.78, 5) is 33.4. The summed E-state index contributed by atoms with van der Waals surface area (Å²) in [5, 5.41) is 2.66. The van der Waals surface area contributed by atoms with Crippen molar-refractivity contribution < 1.29 is 23.5 Å². The minimum absolute atomic E-state index is 0.0808. The third kappa shape index (κ3) is 3.65. The fraction of sp³-hybridized carbons (Fsp3) is 0.625. The van der Waals surface area contributed by atoms with Crippen molar-refractivity contribution in [2.75, 3.05) is 30.0 Å². The highest BCUT2D eigenvalue weighted by molar-refractivity contribution is 6.74. The topological polar surface area (TPSA) is 103 Å². The molecule has 0 radical (unpaired) electrons. The molecule has 1 fully saturated rings. The largest absolute Gasteiger partial charge is 0.465 e. The molecule has 0 bridgehead atoms. The molecular weight excluding hydrogens is 356 g/mol. The van der Waals surface area contributed by atoms with Crippen molar-refractivity contribution in [2.24, 2.45) is 0 Å². The fourth-order valence-corrected chi connectivity index (χ4v) is 3.34. The van der Waals surface area contributed by atoms with E-state index in [1.807, 2.05) is 0 Å². The van der Waals surface area contributed by atoms with Crippen molar-refractivity contribution in [2.45, 2.75) is 45.0 Å². The lowest BCUT2D eigenvalue weighted by Gasteiger charge is -2.36. The average molecular weight is 380 g/mol. The van der Waals surface area contributed by atoms with Crippen LogP contribution in [-0.4, -0.2) is 56.1 Å². The molecule has 1 unspecified atom stereocenters. The van der Waals surface area contributed by atoms with Crippen LogP contribution < -0.4 is 15.0 Å². The molecule has 0 aromatic carbocycles. The summed E-state index contributed by atoms with van der Waals surface area (Å²) in [6, 6.07) is 0. The van der Waals surface area contributed by atoms with Crippen molar-refractivity contribution in [3.05, 3.63) is 6.20 Å². The molecule has 9 nitrogen and oxygen atoms in total. The molecule has 0 spiro atoms. The molecule has 26 heavy (non-hydrogen) atoms. The number of nitrogens with one attached hydrogen (secondary N) is 1. The number of rotatable bonds is 4. The second-order valence-corrected chi connectivity index (χ2v) is 12.7. The Balaban J connectivity index is 1.67. The Bertz CT molecular complexity index is 734. The van der Waals surface area contributed by atoms with Gasteiger partial charge in [0.15, 0.2) is 26.6 Å². The summed E-state index contributed by atoms with van der Waals surface area (Å²) in [5.41, 5.74) is 0. The van der Waals surface area contributed by atoms with Gasteiger partial charge in [0.2, 0.25) is 0 Å². The molecule has 1 saturated heterocycles. The lowest BCUT2D eigenvalue weighted by Crippen LogP contribution is -2.43. The zero-order valence-corrected chi connectivity index (χ0v) is 16.7. The van der Waals surface area contributed by atoms with E-state index >= 15 is 0 Å². The molecule has 1 aromatic heterocycles. The first kappa shape index (κ1) is 18.6. The molecule has 1 atom stereocenters. The van der Waals surface area contributed by atoms with Gasteiger partial charge >= 0.3 is 6.09 Å². The minimum Gasteiger partial charge on any atom is -0.465 e. The maximum absolute atomic E-state index is 12.2. The third-order valence-electron chi connectivity index (χ3n) is 4.91. The SMILES string of the molecule is CC(C)(C)[Si](C)(C)OCC1CN(c2cnc3c(n2)NC(=O)CO3)C(=O)O1. The van der Waals surface area contributed by atoms with E-state index < -0.39 is 14.4 Å². The lowest BCUT2D eigenvalue weighted by atomic mass is 10.2.